The maximum atomic E-state index is 14.0. The number of morpholine rings is 1. The number of rotatable bonds is 6. The third-order valence-corrected chi connectivity index (χ3v) is 5.55. The number of hydrogen-bond donors (Lipinski definition) is 1. The molecule has 1 aromatic rings. The van der Waals surface area contributed by atoms with Crippen LogP contribution in [0.2, 0.25) is 0 Å². The molecule has 3 rings (SSSR count). The Morgan fingerprint density at radius 1 is 1.28 bits per heavy atom. The van der Waals surface area contributed by atoms with Gasteiger partial charge in [0.05, 0.1) is 13.2 Å². The zero-order valence-electron chi connectivity index (χ0n) is 17.4. The number of ether oxygens (including phenoxy) is 1. The summed E-state index contributed by atoms with van der Waals surface area (Å²) in [4.78, 5) is 9.55. The van der Waals surface area contributed by atoms with E-state index in [0.29, 0.717) is 18.0 Å². The van der Waals surface area contributed by atoms with Crippen molar-refractivity contribution in [3.63, 3.8) is 0 Å². The molecule has 0 radical (unpaired) electrons. The normalized spacial score (nSPS) is 21.7. The highest BCUT2D eigenvalue weighted by Gasteiger charge is 2.27. The average Bonchev–Trinajstić information content (AvgIpc) is 3.14. The molecule has 5 nitrogen and oxygen atoms in total. The molecule has 0 spiro atoms. The first-order chi connectivity index (χ1) is 13.6. The highest BCUT2D eigenvalue weighted by Crippen LogP contribution is 2.21. The summed E-state index contributed by atoms with van der Waals surface area (Å²) in [6.07, 6.45) is 1.16. The fraction of sp³-hybridized carbons (Fsp3) is 0.667. The number of likely N-dealkylation sites (tertiary alicyclic amines) is 1. The molecular formula is C21H33F2IN4O. The molecular weight excluding hydrogens is 489 g/mol. The van der Waals surface area contributed by atoms with Gasteiger partial charge < -0.3 is 15.0 Å². The van der Waals surface area contributed by atoms with E-state index < -0.39 is 11.6 Å². The van der Waals surface area contributed by atoms with Gasteiger partial charge in [-0.1, -0.05) is 13.0 Å². The van der Waals surface area contributed by atoms with Crippen molar-refractivity contribution in [3.8, 4) is 0 Å². The van der Waals surface area contributed by atoms with Gasteiger partial charge in [-0.15, -0.1) is 24.0 Å². The fourth-order valence-corrected chi connectivity index (χ4v) is 3.97. The van der Waals surface area contributed by atoms with E-state index >= 15 is 0 Å². The van der Waals surface area contributed by atoms with Crippen LogP contribution in [0.4, 0.5) is 8.78 Å². The van der Waals surface area contributed by atoms with E-state index in [-0.39, 0.29) is 29.9 Å². The molecule has 164 valence electrons. The molecule has 2 saturated heterocycles. The molecule has 2 aliphatic rings. The lowest BCUT2D eigenvalue weighted by Crippen LogP contribution is -2.42. The Labute approximate surface area is 189 Å². The van der Waals surface area contributed by atoms with Crippen LogP contribution in [-0.2, 0) is 4.74 Å². The topological polar surface area (TPSA) is 40.1 Å². The van der Waals surface area contributed by atoms with Crippen molar-refractivity contribution in [2.24, 2.45) is 10.9 Å². The molecule has 1 N–H and O–H groups in total. The minimum atomic E-state index is -0.548. The number of aliphatic imine (C=N–C) groups is 1. The zero-order chi connectivity index (χ0) is 19.9. The van der Waals surface area contributed by atoms with Gasteiger partial charge in [0.2, 0.25) is 0 Å². The van der Waals surface area contributed by atoms with Crippen molar-refractivity contribution in [1.29, 1.82) is 0 Å². The van der Waals surface area contributed by atoms with Crippen LogP contribution in [0.5, 0.6) is 0 Å². The molecule has 0 aliphatic carbocycles. The van der Waals surface area contributed by atoms with Gasteiger partial charge in [-0.2, -0.15) is 0 Å². The molecule has 1 aromatic carbocycles. The minimum absolute atomic E-state index is 0. The third-order valence-electron chi connectivity index (χ3n) is 5.55. The number of nitrogens with one attached hydrogen (secondary N) is 1. The highest BCUT2D eigenvalue weighted by atomic mass is 127. The maximum Gasteiger partial charge on any atom is 0.193 e. The second-order valence-electron chi connectivity index (χ2n) is 7.78. The van der Waals surface area contributed by atoms with E-state index in [0.717, 1.165) is 70.9 Å². The van der Waals surface area contributed by atoms with Crippen molar-refractivity contribution >= 4 is 29.9 Å². The van der Waals surface area contributed by atoms with Crippen LogP contribution in [-0.4, -0.2) is 74.8 Å². The summed E-state index contributed by atoms with van der Waals surface area (Å²) in [5.74, 6) is 0.365. The summed E-state index contributed by atoms with van der Waals surface area (Å²) in [5, 5.41) is 3.37. The Morgan fingerprint density at radius 2 is 2.03 bits per heavy atom. The SMILES string of the molecule is CCNC(=NCC(C)c1ccc(F)cc1F)N1CCC(CN2CCOCC2)C1.I. The van der Waals surface area contributed by atoms with Crippen molar-refractivity contribution < 1.29 is 13.5 Å². The van der Waals surface area contributed by atoms with Gasteiger partial charge in [0.1, 0.15) is 11.6 Å². The Kier molecular flexibility index (Phi) is 10.0. The Bertz CT molecular complexity index is 670. The van der Waals surface area contributed by atoms with Gasteiger partial charge >= 0.3 is 0 Å². The molecule has 0 amide bonds. The van der Waals surface area contributed by atoms with Gasteiger partial charge in [0.25, 0.3) is 0 Å². The maximum absolute atomic E-state index is 14.0. The standard InChI is InChI=1S/C21H32F2N4O.HI/c1-3-24-21(25-13-16(2)19-5-4-18(22)12-20(19)23)27-7-6-17(15-27)14-26-8-10-28-11-9-26;/h4-5,12,16-17H,3,6-11,13-15H2,1-2H3,(H,24,25);1H. The van der Waals surface area contributed by atoms with Crippen LogP contribution in [0.25, 0.3) is 0 Å². The number of nitrogens with zero attached hydrogens (tertiary/aromatic N) is 3. The van der Waals surface area contributed by atoms with Crippen molar-refractivity contribution in [2.45, 2.75) is 26.2 Å². The van der Waals surface area contributed by atoms with Crippen LogP contribution in [0.15, 0.2) is 23.2 Å². The van der Waals surface area contributed by atoms with E-state index in [9.17, 15) is 8.78 Å². The molecule has 0 bridgehead atoms. The summed E-state index contributed by atoms with van der Waals surface area (Å²) in [7, 11) is 0. The van der Waals surface area contributed by atoms with Crippen molar-refractivity contribution in [2.75, 3.05) is 59.0 Å². The van der Waals surface area contributed by atoms with E-state index in [4.69, 9.17) is 9.73 Å². The van der Waals surface area contributed by atoms with Crippen LogP contribution in [0.3, 0.4) is 0 Å². The lowest BCUT2D eigenvalue weighted by Gasteiger charge is -2.29. The van der Waals surface area contributed by atoms with Gasteiger partial charge in [-0.3, -0.25) is 9.89 Å². The molecule has 8 heteroatoms. The van der Waals surface area contributed by atoms with Gasteiger partial charge in [-0.05, 0) is 30.9 Å². The van der Waals surface area contributed by atoms with Crippen LogP contribution < -0.4 is 5.32 Å². The van der Waals surface area contributed by atoms with Crippen LogP contribution >= 0.6 is 24.0 Å². The zero-order valence-corrected chi connectivity index (χ0v) is 19.7. The summed E-state index contributed by atoms with van der Waals surface area (Å²) >= 11 is 0. The summed E-state index contributed by atoms with van der Waals surface area (Å²) < 4.78 is 32.6. The molecule has 2 atom stereocenters. The second kappa shape index (κ2) is 12.0. The monoisotopic (exact) mass is 522 g/mol. The molecule has 2 unspecified atom stereocenters. The molecule has 2 fully saturated rings. The summed E-state index contributed by atoms with van der Waals surface area (Å²) in [6.45, 7) is 12.0. The third kappa shape index (κ3) is 7.03. The van der Waals surface area contributed by atoms with Crippen molar-refractivity contribution in [3.05, 3.63) is 35.4 Å². The number of hydrogen-bond acceptors (Lipinski definition) is 3. The van der Waals surface area contributed by atoms with E-state index in [1.54, 1.807) is 0 Å². The summed E-state index contributed by atoms with van der Waals surface area (Å²) in [5.41, 5.74) is 0.507. The Morgan fingerprint density at radius 3 is 2.72 bits per heavy atom. The first-order valence-corrected chi connectivity index (χ1v) is 10.3. The lowest BCUT2D eigenvalue weighted by atomic mass is 10.0. The van der Waals surface area contributed by atoms with Gasteiger partial charge in [-0.25, -0.2) is 8.78 Å². The smallest absolute Gasteiger partial charge is 0.193 e. The largest absolute Gasteiger partial charge is 0.379 e. The molecule has 2 aliphatic heterocycles. The number of halogens is 3. The predicted molar refractivity (Wildman–Crippen MR) is 123 cm³/mol. The molecule has 29 heavy (non-hydrogen) atoms. The lowest BCUT2D eigenvalue weighted by molar-refractivity contribution is 0.0315. The number of guanidine groups is 1. The van der Waals surface area contributed by atoms with E-state index in [1.165, 1.54) is 12.1 Å². The molecule has 2 heterocycles. The highest BCUT2D eigenvalue weighted by molar-refractivity contribution is 14.0. The van der Waals surface area contributed by atoms with E-state index in [2.05, 4.69) is 22.0 Å². The van der Waals surface area contributed by atoms with Gasteiger partial charge in [0, 0.05) is 57.8 Å². The van der Waals surface area contributed by atoms with Gasteiger partial charge in [0.15, 0.2) is 5.96 Å². The van der Waals surface area contributed by atoms with Crippen molar-refractivity contribution in [1.82, 2.24) is 15.1 Å². The predicted octanol–water partition coefficient (Wildman–Crippen LogP) is 3.31. The summed E-state index contributed by atoms with van der Waals surface area (Å²) in [6, 6.07) is 3.77. The fourth-order valence-electron chi connectivity index (χ4n) is 3.97. The Hall–Kier alpha value is -1.00. The minimum Gasteiger partial charge on any atom is -0.379 e. The Balaban J connectivity index is 0.00000300. The number of benzene rings is 1. The molecule has 0 aromatic heterocycles. The van der Waals surface area contributed by atoms with E-state index in [1.807, 2.05) is 6.92 Å². The quantitative estimate of drug-likeness (QED) is 0.354. The second-order valence-corrected chi connectivity index (χ2v) is 7.78. The first-order valence-electron chi connectivity index (χ1n) is 10.3. The first kappa shape index (κ1) is 24.3. The average molecular weight is 522 g/mol. The molecule has 0 saturated carbocycles. The van der Waals surface area contributed by atoms with Crippen LogP contribution in [0.1, 0.15) is 31.7 Å². The van der Waals surface area contributed by atoms with Crippen LogP contribution in [0, 0.1) is 17.6 Å².